The van der Waals surface area contributed by atoms with Crippen molar-refractivity contribution in [3.8, 4) is 16.3 Å². The van der Waals surface area contributed by atoms with E-state index in [1.54, 1.807) is 18.6 Å². The molecule has 0 saturated carbocycles. The average Bonchev–Trinajstić information content (AvgIpc) is 3.37. The van der Waals surface area contributed by atoms with Gasteiger partial charge < -0.3 is 19.2 Å². The summed E-state index contributed by atoms with van der Waals surface area (Å²) in [5.74, 6) is 0.0610. The van der Waals surface area contributed by atoms with Gasteiger partial charge in [-0.05, 0) is 19.9 Å². The number of fused-ring (bicyclic) bond motifs is 1. The zero-order valence-electron chi connectivity index (χ0n) is 16.0. The molecule has 0 fully saturated rings. The molecule has 0 saturated heterocycles. The van der Waals surface area contributed by atoms with Gasteiger partial charge in [0.25, 0.3) is 0 Å². The molecule has 0 aliphatic rings. The van der Waals surface area contributed by atoms with Crippen LogP contribution in [-0.4, -0.2) is 34.2 Å². The van der Waals surface area contributed by atoms with E-state index >= 15 is 0 Å². The summed E-state index contributed by atoms with van der Waals surface area (Å²) in [4.78, 5) is 23.3. The number of rotatable bonds is 7. The van der Waals surface area contributed by atoms with Crippen molar-refractivity contribution in [3.63, 3.8) is 0 Å². The van der Waals surface area contributed by atoms with E-state index in [2.05, 4.69) is 14.9 Å². The number of hydrogen-bond acceptors (Lipinski definition) is 7. The third-order valence-corrected chi connectivity index (χ3v) is 5.61. The van der Waals surface area contributed by atoms with E-state index in [9.17, 15) is 9.90 Å². The van der Waals surface area contributed by atoms with Crippen molar-refractivity contribution in [1.82, 2.24) is 9.97 Å². The molecule has 0 amide bonds. The highest BCUT2D eigenvalue weighted by molar-refractivity contribution is 7.17. The number of carboxylic acids is 1. The first-order valence-electron chi connectivity index (χ1n) is 9.17. The summed E-state index contributed by atoms with van der Waals surface area (Å²) in [6.07, 6.45) is 4.93. The Balaban J connectivity index is 1.76. The van der Waals surface area contributed by atoms with Crippen molar-refractivity contribution >= 4 is 39.6 Å². The highest BCUT2D eigenvalue weighted by Gasteiger charge is 2.20. The molecule has 29 heavy (non-hydrogen) atoms. The summed E-state index contributed by atoms with van der Waals surface area (Å²) in [5.41, 5.74) is 1.63. The van der Waals surface area contributed by atoms with E-state index < -0.39 is 5.97 Å². The van der Waals surface area contributed by atoms with E-state index in [0.717, 1.165) is 33.6 Å². The molecular formula is C21H19N3O4S. The number of aromatic nitrogens is 2. The van der Waals surface area contributed by atoms with Gasteiger partial charge in [0.05, 0.1) is 29.1 Å². The van der Waals surface area contributed by atoms with Crippen molar-refractivity contribution in [2.45, 2.75) is 13.8 Å². The number of benzene rings is 1. The number of furan rings is 1. The van der Waals surface area contributed by atoms with Gasteiger partial charge in [0.2, 0.25) is 0 Å². The van der Waals surface area contributed by atoms with Crippen molar-refractivity contribution < 1.29 is 19.1 Å². The quantitative estimate of drug-likeness (QED) is 0.448. The predicted molar refractivity (Wildman–Crippen MR) is 112 cm³/mol. The molecule has 0 spiro atoms. The highest BCUT2D eigenvalue weighted by atomic mass is 32.1. The van der Waals surface area contributed by atoms with Gasteiger partial charge in [0.15, 0.2) is 4.88 Å². The number of anilines is 2. The molecule has 4 aromatic rings. The van der Waals surface area contributed by atoms with Crippen LogP contribution in [0.1, 0.15) is 23.5 Å². The predicted octanol–water partition coefficient (Wildman–Crippen LogP) is 5.21. The van der Waals surface area contributed by atoms with Crippen LogP contribution in [0.15, 0.2) is 53.6 Å². The van der Waals surface area contributed by atoms with Gasteiger partial charge in [-0.15, -0.1) is 11.3 Å². The third kappa shape index (κ3) is 3.54. The maximum atomic E-state index is 11.5. The smallest absolute Gasteiger partial charge is 0.349 e. The second-order valence-electron chi connectivity index (χ2n) is 6.20. The lowest BCUT2D eigenvalue weighted by Crippen LogP contribution is -2.17. The molecule has 0 unspecified atom stereocenters. The lowest BCUT2D eigenvalue weighted by molar-refractivity contribution is 0.0698. The largest absolute Gasteiger partial charge is 0.492 e. The SMILES string of the molecule is CCOc1cc(-c2cc(N(CC)c3cccc4cocc34)ncn2)sc1C(=O)O. The zero-order chi connectivity index (χ0) is 20.4. The standard InChI is InChI=1S/C21H19N3O4S/c1-3-24(16-7-5-6-13-10-27-11-14(13)16)19-8-15(22-12-23-19)18-9-17(28-4-2)20(29-18)21(25)26/h5-12H,3-4H2,1-2H3,(H,25,26). The van der Waals surface area contributed by atoms with Gasteiger partial charge in [-0.25, -0.2) is 14.8 Å². The Morgan fingerprint density at radius 3 is 2.86 bits per heavy atom. The summed E-state index contributed by atoms with van der Waals surface area (Å²) >= 11 is 1.14. The van der Waals surface area contributed by atoms with E-state index in [1.807, 2.05) is 38.1 Å². The van der Waals surface area contributed by atoms with Crippen LogP contribution in [0.3, 0.4) is 0 Å². The van der Waals surface area contributed by atoms with Gasteiger partial charge in [-0.1, -0.05) is 12.1 Å². The number of carboxylic acid groups (broad SMARTS) is 1. The lowest BCUT2D eigenvalue weighted by Gasteiger charge is -2.23. The molecule has 7 nitrogen and oxygen atoms in total. The molecular weight excluding hydrogens is 390 g/mol. The first-order chi connectivity index (χ1) is 14.1. The summed E-state index contributed by atoms with van der Waals surface area (Å²) < 4.78 is 10.8. The van der Waals surface area contributed by atoms with Gasteiger partial charge >= 0.3 is 5.97 Å². The summed E-state index contributed by atoms with van der Waals surface area (Å²) in [7, 11) is 0. The maximum absolute atomic E-state index is 11.5. The monoisotopic (exact) mass is 409 g/mol. The molecule has 0 atom stereocenters. The summed E-state index contributed by atoms with van der Waals surface area (Å²) in [5, 5.41) is 11.5. The summed E-state index contributed by atoms with van der Waals surface area (Å²) in [6, 6.07) is 9.57. The van der Waals surface area contributed by atoms with Crippen LogP contribution >= 0.6 is 11.3 Å². The van der Waals surface area contributed by atoms with Crippen LogP contribution in [0.2, 0.25) is 0 Å². The van der Waals surface area contributed by atoms with Gasteiger partial charge in [0, 0.05) is 29.4 Å². The molecule has 4 rings (SSSR count). The number of ether oxygens (including phenoxy) is 1. The van der Waals surface area contributed by atoms with Crippen LogP contribution in [0.4, 0.5) is 11.5 Å². The first kappa shape index (κ1) is 18.9. The van der Waals surface area contributed by atoms with E-state index in [1.165, 1.54) is 6.33 Å². The van der Waals surface area contributed by atoms with Crippen molar-refractivity contribution in [2.75, 3.05) is 18.1 Å². The maximum Gasteiger partial charge on any atom is 0.349 e. The summed E-state index contributed by atoms with van der Waals surface area (Å²) in [6.45, 7) is 4.95. The fourth-order valence-corrected chi connectivity index (χ4v) is 4.12. The number of carbonyl (C=O) groups is 1. The minimum Gasteiger partial charge on any atom is -0.492 e. The van der Waals surface area contributed by atoms with Gasteiger partial charge in [0.1, 0.15) is 24.2 Å². The normalized spacial score (nSPS) is 11.0. The minimum atomic E-state index is -1.01. The average molecular weight is 409 g/mol. The van der Waals surface area contributed by atoms with E-state index in [0.29, 0.717) is 29.5 Å². The molecule has 0 aliphatic heterocycles. The fraction of sp³-hybridized carbons (Fsp3) is 0.190. The second-order valence-corrected chi connectivity index (χ2v) is 7.25. The second kappa shape index (κ2) is 7.92. The van der Waals surface area contributed by atoms with Gasteiger partial charge in [-0.3, -0.25) is 0 Å². The molecule has 1 aromatic carbocycles. The molecule has 1 N–H and O–H groups in total. The van der Waals surface area contributed by atoms with Gasteiger partial charge in [-0.2, -0.15) is 0 Å². The van der Waals surface area contributed by atoms with Crippen LogP contribution in [0, 0.1) is 0 Å². The minimum absolute atomic E-state index is 0.164. The lowest BCUT2D eigenvalue weighted by atomic mass is 10.1. The highest BCUT2D eigenvalue weighted by Crippen LogP contribution is 2.37. The third-order valence-electron chi connectivity index (χ3n) is 4.48. The Morgan fingerprint density at radius 1 is 1.24 bits per heavy atom. The van der Waals surface area contributed by atoms with Crippen molar-refractivity contribution in [3.05, 3.63) is 54.1 Å². The molecule has 0 bridgehead atoms. The molecule has 3 heterocycles. The van der Waals surface area contributed by atoms with Crippen molar-refractivity contribution in [2.24, 2.45) is 0 Å². The molecule has 8 heteroatoms. The topological polar surface area (TPSA) is 88.7 Å². The Labute approximate surface area is 171 Å². The Morgan fingerprint density at radius 2 is 2.10 bits per heavy atom. The van der Waals surface area contributed by atoms with E-state index in [4.69, 9.17) is 9.15 Å². The van der Waals surface area contributed by atoms with E-state index in [-0.39, 0.29) is 4.88 Å². The zero-order valence-corrected chi connectivity index (χ0v) is 16.8. The number of thiophene rings is 1. The number of nitrogens with zero attached hydrogens (tertiary/aromatic N) is 3. The van der Waals surface area contributed by atoms with Crippen LogP contribution in [0.5, 0.6) is 5.75 Å². The van der Waals surface area contributed by atoms with Crippen molar-refractivity contribution in [1.29, 1.82) is 0 Å². The Bertz CT molecular complexity index is 1170. The molecule has 148 valence electrons. The molecule has 0 aliphatic carbocycles. The molecule has 3 aromatic heterocycles. The van der Waals surface area contributed by atoms with Crippen LogP contribution in [0.25, 0.3) is 21.3 Å². The van der Waals surface area contributed by atoms with Crippen LogP contribution < -0.4 is 9.64 Å². The fourth-order valence-electron chi connectivity index (χ4n) is 3.21. The molecule has 0 radical (unpaired) electrons. The Hall–Kier alpha value is -3.39. The van der Waals surface area contributed by atoms with Crippen LogP contribution in [-0.2, 0) is 0 Å². The Kier molecular flexibility index (Phi) is 5.18. The first-order valence-corrected chi connectivity index (χ1v) is 9.98. The number of aromatic carboxylic acids is 1. The number of hydrogen-bond donors (Lipinski definition) is 1.